The molecule has 120 valence electrons. The Morgan fingerprint density at radius 2 is 1.67 bits per heavy atom. The second kappa shape index (κ2) is 7.24. The summed E-state index contributed by atoms with van der Waals surface area (Å²) in [6, 6.07) is 3.24. The molecule has 6 heteroatoms. The SMILES string of the molecule is CCN(CC)CC(C)NS(=O)(=O)c1c(C)cc(N)cc1C. The van der Waals surface area contributed by atoms with Gasteiger partial charge in [-0.1, -0.05) is 13.8 Å². The highest BCUT2D eigenvalue weighted by Gasteiger charge is 2.22. The van der Waals surface area contributed by atoms with Crippen LogP contribution in [-0.4, -0.2) is 39.0 Å². The Hall–Kier alpha value is -1.11. The van der Waals surface area contributed by atoms with Gasteiger partial charge in [-0.25, -0.2) is 13.1 Å². The summed E-state index contributed by atoms with van der Waals surface area (Å²) < 4.78 is 27.9. The maximum atomic E-state index is 12.6. The summed E-state index contributed by atoms with van der Waals surface area (Å²) in [4.78, 5) is 2.53. The van der Waals surface area contributed by atoms with Gasteiger partial charge in [0.25, 0.3) is 0 Å². The van der Waals surface area contributed by atoms with E-state index in [0.717, 1.165) is 13.1 Å². The van der Waals surface area contributed by atoms with Gasteiger partial charge in [-0.3, -0.25) is 0 Å². The van der Waals surface area contributed by atoms with Crippen molar-refractivity contribution in [2.45, 2.75) is 45.6 Å². The monoisotopic (exact) mass is 313 g/mol. The van der Waals surface area contributed by atoms with E-state index < -0.39 is 10.0 Å². The number of anilines is 1. The molecule has 0 radical (unpaired) electrons. The summed E-state index contributed by atoms with van der Waals surface area (Å²) in [7, 11) is -3.53. The maximum Gasteiger partial charge on any atom is 0.241 e. The lowest BCUT2D eigenvalue weighted by Gasteiger charge is -2.24. The number of hydrogen-bond acceptors (Lipinski definition) is 4. The van der Waals surface area contributed by atoms with Crippen molar-refractivity contribution in [1.82, 2.24) is 9.62 Å². The first kappa shape index (κ1) is 17.9. The molecule has 0 aliphatic carbocycles. The van der Waals surface area contributed by atoms with E-state index in [1.165, 1.54) is 0 Å². The van der Waals surface area contributed by atoms with Crippen LogP contribution in [0.5, 0.6) is 0 Å². The minimum Gasteiger partial charge on any atom is -0.399 e. The Morgan fingerprint density at radius 1 is 1.19 bits per heavy atom. The van der Waals surface area contributed by atoms with Crippen LogP contribution in [-0.2, 0) is 10.0 Å². The lowest BCUT2D eigenvalue weighted by Crippen LogP contribution is -2.42. The van der Waals surface area contributed by atoms with Crippen molar-refractivity contribution in [2.75, 3.05) is 25.4 Å². The Labute approximate surface area is 128 Å². The lowest BCUT2D eigenvalue weighted by molar-refractivity contribution is 0.282. The molecule has 1 atom stereocenters. The Bertz CT molecular complexity index is 558. The molecular weight excluding hydrogens is 286 g/mol. The molecule has 0 saturated heterocycles. The fourth-order valence-electron chi connectivity index (χ4n) is 2.64. The predicted octanol–water partition coefficient (Wildman–Crippen LogP) is 1.89. The molecule has 0 fully saturated rings. The lowest BCUT2D eigenvalue weighted by atomic mass is 10.1. The average molecular weight is 313 g/mol. The van der Waals surface area contributed by atoms with Crippen molar-refractivity contribution in [3.05, 3.63) is 23.3 Å². The number of hydrogen-bond donors (Lipinski definition) is 2. The van der Waals surface area contributed by atoms with Crippen LogP contribution < -0.4 is 10.5 Å². The number of rotatable bonds is 7. The summed E-state index contributed by atoms with van der Waals surface area (Å²) in [6.45, 7) is 12.1. The molecule has 0 amide bonds. The van der Waals surface area contributed by atoms with Gasteiger partial charge in [0.2, 0.25) is 10.0 Å². The second-order valence-corrected chi connectivity index (χ2v) is 7.14. The first-order valence-corrected chi connectivity index (χ1v) is 8.81. The summed E-state index contributed by atoms with van der Waals surface area (Å²) in [5.41, 5.74) is 7.69. The second-order valence-electron chi connectivity index (χ2n) is 5.49. The molecular formula is C15H27N3O2S. The fraction of sp³-hybridized carbons (Fsp3) is 0.600. The van der Waals surface area contributed by atoms with E-state index in [1.54, 1.807) is 26.0 Å². The summed E-state index contributed by atoms with van der Waals surface area (Å²) in [5, 5.41) is 0. The third kappa shape index (κ3) is 4.69. The quantitative estimate of drug-likeness (QED) is 0.754. The van der Waals surface area contributed by atoms with E-state index in [1.807, 2.05) is 6.92 Å². The van der Waals surface area contributed by atoms with Crippen LogP contribution in [0.3, 0.4) is 0 Å². The van der Waals surface area contributed by atoms with E-state index in [0.29, 0.717) is 28.3 Å². The summed E-state index contributed by atoms with van der Waals surface area (Å²) in [6.07, 6.45) is 0. The van der Waals surface area contributed by atoms with Crippen molar-refractivity contribution >= 4 is 15.7 Å². The number of nitrogens with two attached hydrogens (primary N) is 1. The van der Waals surface area contributed by atoms with Gasteiger partial charge in [-0.2, -0.15) is 0 Å². The van der Waals surface area contributed by atoms with Gasteiger partial charge in [0.05, 0.1) is 4.90 Å². The molecule has 3 N–H and O–H groups in total. The van der Waals surface area contributed by atoms with E-state index in [9.17, 15) is 8.42 Å². The van der Waals surface area contributed by atoms with Crippen molar-refractivity contribution in [3.63, 3.8) is 0 Å². The fourth-order valence-corrected chi connectivity index (χ4v) is 4.33. The first-order valence-electron chi connectivity index (χ1n) is 7.32. The van der Waals surface area contributed by atoms with Crippen molar-refractivity contribution in [2.24, 2.45) is 0 Å². The Kier molecular flexibility index (Phi) is 6.19. The van der Waals surface area contributed by atoms with Crippen LogP contribution in [0.15, 0.2) is 17.0 Å². The van der Waals surface area contributed by atoms with Gasteiger partial charge in [0.15, 0.2) is 0 Å². The molecule has 0 aromatic heterocycles. The number of nitrogen functional groups attached to an aromatic ring is 1. The molecule has 1 aromatic carbocycles. The highest BCUT2D eigenvalue weighted by molar-refractivity contribution is 7.89. The Balaban J connectivity index is 2.97. The number of nitrogens with zero attached hydrogens (tertiary/aromatic N) is 1. The van der Waals surface area contributed by atoms with Crippen LogP contribution in [0.2, 0.25) is 0 Å². The highest BCUT2D eigenvalue weighted by atomic mass is 32.2. The molecule has 0 aliphatic heterocycles. The van der Waals surface area contributed by atoms with Gasteiger partial charge < -0.3 is 10.6 Å². The standard InChI is InChI=1S/C15H27N3O2S/c1-6-18(7-2)10-13(5)17-21(19,20)15-11(3)8-14(16)9-12(15)4/h8-9,13,17H,6-7,10,16H2,1-5H3. The number of benzene rings is 1. The van der Waals surface area contributed by atoms with Gasteiger partial charge in [-0.15, -0.1) is 0 Å². The molecule has 1 aromatic rings. The zero-order valence-corrected chi connectivity index (χ0v) is 14.4. The third-order valence-corrected chi connectivity index (χ3v) is 5.43. The number of likely N-dealkylation sites (N-methyl/N-ethyl adjacent to an activating group) is 1. The molecule has 21 heavy (non-hydrogen) atoms. The van der Waals surface area contributed by atoms with E-state index >= 15 is 0 Å². The van der Waals surface area contributed by atoms with Crippen molar-refractivity contribution < 1.29 is 8.42 Å². The normalized spacial score (nSPS) is 13.6. The van der Waals surface area contributed by atoms with E-state index in [2.05, 4.69) is 23.5 Å². The van der Waals surface area contributed by atoms with Crippen LogP contribution >= 0.6 is 0 Å². The van der Waals surface area contributed by atoms with Crippen LogP contribution in [0.4, 0.5) is 5.69 Å². The minimum absolute atomic E-state index is 0.147. The van der Waals surface area contributed by atoms with E-state index in [4.69, 9.17) is 5.73 Å². The molecule has 0 spiro atoms. The smallest absolute Gasteiger partial charge is 0.241 e. The number of nitrogens with one attached hydrogen (secondary N) is 1. The number of sulfonamides is 1. The topological polar surface area (TPSA) is 75.4 Å². The minimum atomic E-state index is -3.53. The molecule has 0 heterocycles. The zero-order valence-electron chi connectivity index (χ0n) is 13.6. The predicted molar refractivity (Wildman–Crippen MR) is 87.9 cm³/mol. The molecule has 0 aliphatic rings. The highest BCUT2D eigenvalue weighted by Crippen LogP contribution is 2.23. The summed E-state index contributed by atoms with van der Waals surface area (Å²) >= 11 is 0. The molecule has 0 bridgehead atoms. The van der Waals surface area contributed by atoms with Crippen molar-refractivity contribution in [3.8, 4) is 0 Å². The van der Waals surface area contributed by atoms with Crippen LogP contribution in [0, 0.1) is 13.8 Å². The largest absolute Gasteiger partial charge is 0.399 e. The van der Waals surface area contributed by atoms with E-state index in [-0.39, 0.29) is 6.04 Å². The molecule has 1 rings (SSSR count). The van der Waals surface area contributed by atoms with Crippen molar-refractivity contribution in [1.29, 1.82) is 0 Å². The summed E-state index contributed by atoms with van der Waals surface area (Å²) in [5.74, 6) is 0. The third-order valence-electron chi connectivity index (χ3n) is 3.53. The van der Waals surface area contributed by atoms with Gasteiger partial charge in [-0.05, 0) is 57.1 Å². The maximum absolute atomic E-state index is 12.6. The first-order chi connectivity index (χ1) is 9.71. The van der Waals surface area contributed by atoms with Gasteiger partial charge >= 0.3 is 0 Å². The van der Waals surface area contributed by atoms with Gasteiger partial charge in [0, 0.05) is 18.3 Å². The molecule has 5 nitrogen and oxygen atoms in total. The van der Waals surface area contributed by atoms with Crippen LogP contribution in [0.1, 0.15) is 31.9 Å². The average Bonchev–Trinajstić information content (AvgIpc) is 2.33. The zero-order chi connectivity index (χ0) is 16.2. The molecule has 0 saturated carbocycles. The Morgan fingerprint density at radius 3 is 2.10 bits per heavy atom. The number of aryl methyl sites for hydroxylation is 2. The van der Waals surface area contributed by atoms with Gasteiger partial charge in [0.1, 0.15) is 0 Å². The van der Waals surface area contributed by atoms with Crippen LogP contribution in [0.25, 0.3) is 0 Å². The molecule has 1 unspecified atom stereocenters.